The number of piperidine rings is 1. The maximum absolute atomic E-state index is 10.9. The van der Waals surface area contributed by atoms with Crippen molar-refractivity contribution in [2.75, 3.05) is 13.1 Å². The normalized spacial score (nSPS) is 21.5. The molecule has 0 radical (unpaired) electrons. The molecule has 0 bridgehead atoms. The maximum atomic E-state index is 10.9. The van der Waals surface area contributed by atoms with Crippen molar-refractivity contribution >= 4 is 13.7 Å². The maximum Gasteiger partial charge on any atom is 0.215 e. The fraction of sp³-hybridized carbons (Fsp3) is 0.750. The van der Waals surface area contributed by atoms with E-state index in [0.717, 1.165) is 25.9 Å². The Kier molecular flexibility index (Phi) is 2.42. The number of hydrogen-bond donors (Lipinski definition) is 0. The van der Waals surface area contributed by atoms with Crippen LogP contribution >= 0.6 is 0 Å². The van der Waals surface area contributed by atoms with E-state index in [9.17, 15) is 4.79 Å². The van der Waals surface area contributed by atoms with Gasteiger partial charge in [-0.3, -0.25) is 4.79 Å². The van der Waals surface area contributed by atoms with Crippen molar-refractivity contribution in [1.82, 2.24) is 4.90 Å². The first-order valence-electron chi connectivity index (χ1n) is 4.24. The fourth-order valence-electron chi connectivity index (χ4n) is 1.43. The van der Waals surface area contributed by atoms with Crippen LogP contribution in [0.1, 0.15) is 19.8 Å². The zero-order chi connectivity index (χ0) is 9.19. The molecular formula is C8H13BN2O. The van der Waals surface area contributed by atoms with Crippen molar-refractivity contribution in [3.63, 3.8) is 0 Å². The van der Waals surface area contributed by atoms with Gasteiger partial charge in [0, 0.05) is 13.1 Å². The summed E-state index contributed by atoms with van der Waals surface area (Å²) in [5, 5.41) is 8.82. The van der Waals surface area contributed by atoms with Gasteiger partial charge >= 0.3 is 0 Å². The predicted molar refractivity (Wildman–Crippen MR) is 48.5 cm³/mol. The highest BCUT2D eigenvalue weighted by Gasteiger charge is 2.30. The van der Waals surface area contributed by atoms with Crippen LogP contribution in [0.25, 0.3) is 0 Å². The second kappa shape index (κ2) is 3.18. The summed E-state index contributed by atoms with van der Waals surface area (Å²) in [6.45, 7) is 3.43. The third kappa shape index (κ3) is 1.79. The topological polar surface area (TPSA) is 44.1 Å². The van der Waals surface area contributed by atoms with Gasteiger partial charge in [0.15, 0.2) is 5.81 Å². The van der Waals surface area contributed by atoms with Crippen LogP contribution in [0, 0.1) is 16.7 Å². The summed E-state index contributed by atoms with van der Waals surface area (Å²) in [6.07, 6.45) is 1.62. The standard InChI is InChI=1S/C8H13BN2O/c1-8(6-10)2-4-11(5-3-8)7(9)12/h2-5,9H2,1H3. The summed E-state index contributed by atoms with van der Waals surface area (Å²) in [4.78, 5) is 12.7. The van der Waals surface area contributed by atoms with Crippen molar-refractivity contribution < 1.29 is 4.79 Å². The van der Waals surface area contributed by atoms with Gasteiger partial charge in [-0.05, 0) is 19.8 Å². The quantitative estimate of drug-likeness (QED) is 0.485. The Hall–Kier alpha value is -0.975. The third-order valence-electron chi connectivity index (χ3n) is 2.58. The average Bonchev–Trinajstić information content (AvgIpc) is 2.05. The lowest BCUT2D eigenvalue weighted by atomic mass is 9.81. The first kappa shape index (κ1) is 9.12. The Bertz CT molecular complexity index is 226. The number of likely N-dealkylation sites (tertiary alicyclic amines) is 1. The molecule has 1 rings (SSSR count). The summed E-state index contributed by atoms with van der Waals surface area (Å²) >= 11 is 0. The molecule has 4 heteroatoms. The number of rotatable bonds is 0. The Labute approximate surface area is 73.8 Å². The first-order valence-corrected chi connectivity index (χ1v) is 4.24. The molecule has 1 heterocycles. The molecule has 0 atom stereocenters. The van der Waals surface area contributed by atoms with Crippen LogP contribution in [0.5, 0.6) is 0 Å². The van der Waals surface area contributed by atoms with Crippen LogP contribution in [-0.4, -0.2) is 31.6 Å². The molecule has 0 aromatic heterocycles. The lowest BCUT2D eigenvalue weighted by Crippen LogP contribution is -2.41. The van der Waals surface area contributed by atoms with E-state index in [1.54, 1.807) is 12.7 Å². The Morgan fingerprint density at radius 1 is 1.58 bits per heavy atom. The van der Waals surface area contributed by atoms with Crippen molar-refractivity contribution in [1.29, 1.82) is 5.26 Å². The van der Waals surface area contributed by atoms with E-state index < -0.39 is 0 Å². The number of carbonyl (C=O) groups excluding carboxylic acids is 1. The monoisotopic (exact) mass is 164 g/mol. The van der Waals surface area contributed by atoms with E-state index in [2.05, 4.69) is 6.07 Å². The Morgan fingerprint density at radius 3 is 2.42 bits per heavy atom. The lowest BCUT2D eigenvalue weighted by molar-refractivity contribution is 0.174. The largest absolute Gasteiger partial charge is 0.352 e. The number of nitriles is 1. The van der Waals surface area contributed by atoms with Crippen molar-refractivity contribution in [3.8, 4) is 6.07 Å². The highest BCUT2D eigenvalue weighted by molar-refractivity contribution is 6.56. The van der Waals surface area contributed by atoms with E-state index in [4.69, 9.17) is 5.26 Å². The molecule has 0 N–H and O–H groups in total. The van der Waals surface area contributed by atoms with Crippen LogP contribution in [0.15, 0.2) is 0 Å². The van der Waals surface area contributed by atoms with Crippen LogP contribution in [0.4, 0.5) is 4.79 Å². The van der Waals surface area contributed by atoms with Crippen LogP contribution < -0.4 is 0 Å². The average molecular weight is 164 g/mol. The number of amides is 1. The lowest BCUT2D eigenvalue weighted by Gasteiger charge is -2.34. The summed E-state index contributed by atoms with van der Waals surface area (Å²) in [5.74, 6) is 0.120. The molecule has 1 saturated heterocycles. The van der Waals surface area contributed by atoms with E-state index >= 15 is 0 Å². The van der Waals surface area contributed by atoms with Crippen molar-refractivity contribution in [2.45, 2.75) is 19.8 Å². The van der Waals surface area contributed by atoms with E-state index in [-0.39, 0.29) is 11.2 Å². The molecule has 1 aliphatic rings. The number of carbonyl (C=O) groups is 1. The molecule has 0 aromatic rings. The molecule has 1 fully saturated rings. The first-order chi connectivity index (χ1) is 5.57. The molecule has 0 spiro atoms. The van der Waals surface area contributed by atoms with Gasteiger partial charge in [-0.25, -0.2) is 0 Å². The van der Waals surface area contributed by atoms with Crippen molar-refractivity contribution in [2.24, 2.45) is 5.41 Å². The highest BCUT2D eigenvalue weighted by atomic mass is 16.1. The fourth-order valence-corrected chi connectivity index (χ4v) is 1.43. The van der Waals surface area contributed by atoms with E-state index in [1.165, 1.54) is 0 Å². The Balaban J connectivity index is 2.51. The van der Waals surface area contributed by atoms with E-state index in [0.29, 0.717) is 0 Å². The summed E-state index contributed by atoms with van der Waals surface area (Å²) in [7, 11) is 1.58. The molecule has 0 aliphatic carbocycles. The van der Waals surface area contributed by atoms with Gasteiger partial charge in [0.25, 0.3) is 0 Å². The smallest absolute Gasteiger partial charge is 0.215 e. The highest BCUT2D eigenvalue weighted by Crippen LogP contribution is 2.29. The Morgan fingerprint density at radius 2 is 2.08 bits per heavy atom. The van der Waals surface area contributed by atoms with E-state index in [1.807, 2.05) is 6.92 Å². The molecule has 12 heavy (non-hydrogen) atoms. The van der Waals surface area contributed by atoms with Gasteiger partial charge in [0.1, 0.15) is 0 Å². The van der Waals surface area contributed by atoms with Gasteiger partial charge in [-0.1, -0.05) is 0 Å². The SMILES string of the molecule is BC(=O)N1CCC(C)(C#N)CC1. The van der Waals surface area contributed by atoms with Crippen LogP contribution in [-0.2, 0) is 0 Å². The molecule has 0 unspecified atom stereocenters. The molecule has 1 amide bonds. The molecule has 3 nitrogen and oxygen atoms in total. The zero-order valence-corrected chi connectivity index (χ0v) is 7.63. The molecule has 0 aromatic carbocycles. The minimum Gasteiger partial charge on any atom is -0.352 e. The number of nitrogens with zero attached hydrogens (tertiary/aromatic N) is 2. The second-order valence-electron chi connectivity index (χ2n) is 3.68. The van der Waals surface area contributed by atoms with Crippen LogP contribution in [0.3, 0.4) is 0 Å². The molecular weight excluding hydrogens is 151 g/mol. The predicted octanol–water partition coefficient (Wildman–Crippen LogP) is 0.365. The minimum absolute atomic E-state index is 0.120. The molecule has 64 valence electrons. The summed E-state index contributed by atoms with van der Waals surface area (Å²) in [5.41, 5.74) is -0.202. The number of hydrogen-bond acceptors (Lipinski definition) is 2. The van der Waals surface area contributed by atoms with Gasteiger partial charge in [-0.2, -0.15) is 5.26 Å². The van der Waals surface area contributed by atoms with Crippen molar-refractivity contribution in [3.05, 3.63) is 0 Å². The third-order valence-corrected chi connectivity index (χ3v) is 2.58. The van der Waals surface area contributed by atoms with Crippen LogP contribution in [0.2, 0.25) is 0 Å². The zero-order valence-electron chi connectivity index (χ0n) is 7.63. The van der Waals surface area contributed by atoms with Gasteiger partial charge in [-0.15, -0.1) is 0 Å². The second-order valence-corrected chi connectivity index (χ2v) is 3.68. The molecule has 1 aliphatic heterocycles. The molecule has 0 saturated carbocycles. The summed E-state index contributed by atoms with van der Waals surface area (Å²) < 4.78 is 0. The summed E-state index contributed by atoms with van der Waals surface area (Å²) in [6, 6.07) is 2.30. The van der Waals surface area contributed by atoms with Gasteiger partial charge in [0.05, 0.1) is 11.5 Å². The minimum atomic E-state index is -0.202. The van der Waals surface area contributed by atoms with Gasteiger partial charge < -0.3 is 4.90 Å². The van der Waals surface area contributed by atoms with Gasteiger partial charge in [0.2, 0.25) is 7.85 Å².